The number of rotatable bonds is 4. The molecule has 1 atom stereocenters. The van der Waals surface area contributed by atoms with Crippen molar-refractivity contribution in [2.45, 2.75) is 30.0 Å². The Labute approximate surface area is 112 Å². The second-order valence-electron chi connectivity index (χ2n) is 4.08. The first kappa shape index (κ1) is 17.6. The molecule has 1 nitrogen and oxygen atoms in total. The molecule has 0 saturated heterocycles. The molecule has 1 N–H and O–H groups in total. The van der Waals surface area contributed by atoms with Gasteiger partial charge in [-0.2, -0.15) is 39.5 Å². The fraction of sp³-hybridized carbons (Fsp3) is 0.455. The first-order valence-corrected chi connectivity index (χ1v) is 5.20. The van der Waals surface area contributed by atoms with Gasteiger partial charge in [-0.3, -0.25) is 0 Å². The number of hydrogen-bond donors (Lipinski definition) is 1. The Bertz CT molecular complexity index is 480. The highest BCUT2D eigenvalue weighted by Gasteiger charge is 2.83. The molecule has 0 fully saturated rings. The van der Waals surface area contributed by atoms with Gasteiger partial charge >= 0.3 is 23.9 Å². The maximum Gasteiger partial charge on any atom is 0.460 e. The third-order valence-corrected chi connectivity index (χ3v) is 2.63. The van der Waals surface area contributed by atoms with Crippen LogP contribution in [0, 0.1) is 0 Å². The molecular formula is C11H7F9O. The van der Waals surface area contributed by atoms with Gasteiger partial charge < -0.3 is 5.11 Å². The van der Waals surface area contributed by atoms with Crippen LogP contribution in [0.5, 0.6) is 0 Å². The summed E-state index contributed by atoms with van der Waals surface area (Å²) >= 11 is 0. The number of hydrogen-bond acceptors (Lipinski definition) is 1. The van der Waals surface area contributed by atoms with Crippen LogP contribution >= 0.6 is 0 Å². The van der Waals surface area contributed by atoms with Gasteiger partial charge in [0.2, 0.25) is 0 Å². The van der Waals surface area contributed by atoms with Gasteiger partial charge in [-0.15, -0.1) is 0 Å². The van der Waals surface area contributed by atoms with Crippen molar-refractivity contribution in [3.8, 4) is 0 Å². The average Bonchev–Trinajstić information content (AvgIpc) is 2.37. The normalized spacial score (nSPS) is 15.9. The van der Waals surface area contributed by atoms with Crippen molar-refractivity contribution < 1.29 is 44.6 Å². The fourth-order valence-corrected chi connectivity index (χ4v) is 1.40. The predicted octanol–water partition coefficient (Wildman–Crippen LogP) is 4.19. The highest BCUT2D eigenvalue weighted by atomic mass is 19.4. The van der Waals surface area contributed by atoms with Crippen LogP contribution in [0.1, 0.15) is 11.7 Å². The predicted molar refractivity (Wildman–Crippen MR) is 52.3 cm³/mol. The van der Waals surface area contributed by atoms with Crippen molar-refractivity contribution >= 4 is 0 Å². The molecule has 0 amide bonds. The number of halogens is 9. The van der Waals surface area contributed by atoms with Gasteiger partial charge in [-0.05, 0) is 5.56 Å². The van der Waals surface area contributed by atoms with Gasteiger partial charge in [0, 0.05) is 0 Å². The Morgan fingerprint density at radius 3 is 1.52 bits per heavy atom. The lowest BCUT2D eigenvalue weighted by Crippen LogP contribution is -2.62. The zero-order valence-electron chi connectivity index (χ0n) is 9.81. The molecule has 0 aliphatic carbocycles. The van der Waals surface area contributed by atoms with Crippen LogP contribution < -0.4 is 0 Å². The Kier molecular flexibility index (Phi) is 4.25. The third kappa shape index (κ3) is 2.68. The van der Waals surface area contributed by atoms with E-state index in [4.69, 9.17) is 5.11 Å². The molecule has 0 aliphatic heterocycles. The molecule has 0 radical (unpaired) electrons. The molecule has 1 rings (SSSR count). The van der Waals surface area contributed by atoms with E-state index in [1.54, 1.807) is 0 Å². The van der Waals surface area contributed by atoms with E-state index in [-0.39, 0.29) is 0 Å². The van der Waals surface area contributed by atoms with Gasteiger partial charge in [-0.1, -0.05) is 30.3 Å². The smallest absolute Gasteiger partial charge is 0.382 e. The molecule has 1 unspecified atom stereocenters. The topological polar surface area (TPSA) is 20.2 Å². The van der Waals surface area contributed by atoms with Crippen LogP contribution in [0.4, 0.5) is 39.5 Å². The van der Waals surface area contributed by atoms with E-state index in [0.29, 0.717) is 12.1 Å². The average molecular weight is 326 g/mol. The minimum Gasteiger partial charge on any atom is -0.382 e. The molecule has 0 spiro atoms. The van der Waals surface area contributed by atoms with E-state index in [1.807, 2.05) is 0 Å². The Balaban J connectivity index is 3.28. The second-order valence-corrected chi connectivity index (χ2v) is 4.08. The third-order valence-electron chi connectivity index (χ3n) is 2.63. The van der Waals surface area contributed by atoms with E-state index < -0.39 is 35.6 Å². The molecule has 10 heteroatoms. The summed E-state index contributed by atoms with van der Waals surface area (Å²) in [5, 5.41) is 9.08. The van der Waals surface area contributed by atoms with Crippen LogP contribution in [-0.2, 0) is 0 Å². The summed E-state index contributed by atoms with van der Waals surface area (Å²) in [5.41, 5.74) is -0.930. The fourth-order valence-electron chi connectivity index (χ4n) is 1.40. The van der Waals surface area contributed by atoms with Crippen molar-refractivity contribution in [3.05, 3.63) is 35.9 Å². The highest BCUT2D eigenvalue weighted by Crippen LogP contribution is 2.56. The molecular weight excluding hydrogens is 319 g/mol. The molecule has 0 aromatic heterocycles. The molecule has 1 aromatic carbocycles. The summed E-state index contributed by atoms with van der Waals surface area (Å²) in [5.74, 6) is -19.9. The summed E-state index contributed by atoms with van der Waals surface area (Å²) in [6.07, 6.45) is -10.4. The lowest BCUT2D eigenvalue weighted by molar-refractivity contribution is -0.406. The van der Waals surface area contributed by atoms with Gasteiger partial charge in [0.15, 0.2) is 0 Å². The lowest BCUT2D eigenvalue weighted by Gasteiger charge is -2.35. The van der Waals surface area contributed by atoms with E-state index in [0.717, 1.165) is 12.1 Å². The molecule has 0 bridgehead atoms. The second kappa shape index (κ2) is 5.08. The van der Waals surface area contributed by atoms with Crippen LogP contribution in [0.2, 0.25) is 0 Å². The van der Waals surface area contributed by atoms with E-state index in [2.05, 4.69) is 0 Å². The minimum absolute atomic E-state index is 0.681. The van der Waals surface area contributed by atoms with Crippen LogP contribution in [0.15, 0.2) is 30.3 Å². The zero-order chi connectivity index (χ0) is 16.7. The van der Waals surface area contributed by atoms with Gasteiger partial charge in [0.05, 0.1) is 0 Å². The molecule has 120 valence electrons. The number of alkyl halides is 9. The van der Waals surface area contributed by atoms with Gasteiger partial charge in [0.25, 0.3) is 0 Å². The Morgan fingerprint density at radius 1 is 0.714 bits per heavy atom. The standard InChI is InChI=1S/C11H7F9O/c12-8(13,7(21)6-4-2-1-3-5-6)9(14,15)10(16,17)11(18,19)20/h1-5,7,21H. The SMILES string of the molecule is OC(c1ccccc1)C(F)(F)C(F)(F)C(F)(F)C(F)(F)F. The molecule has 1 aromatic rings. The highest BCUT2D eigenvalue weighted by molar-refractivity contribution is 5.21. The Morgan fingerprint density at radius 2 is 1.14 bits per heavy atom. The maximum absolute atomic E-state index is 13.3. The minimum atomic E-state index is -7.01. The van der Waals surface area contributed by atoms with Gasteiger partial charge in [-0.25, -0.2) is 0 Å². The number of benzene rings is 1. The van der Waals surface area contributed by atoms with Crippen molar-refractivity contribution in [2.75, 3.05) is 0 Å². The molecule has 0 saturated carbocycles. The van der Waals surface area contributed by atoms with Crippen molar-refractivity contribution in [1.82, 2.24) is 0 Å². The quantitative estimate of drug-likeness (QED) is 0.823. The number of aliphatic hydroxyl groups is 1. The van der Waals surface area contributed by atoms with Crippen molar-refractivity contribution in [3.63, 3.8) is 0 Å². The van der Waals surface area contributed by atoms with Crippen LogP contribution in [0.3, 0.4) is 0 Å². The first-order valence-electron chi connectivity index (χ1n) is 5.20. The summed E-state index contributed by atoms with van der Waals surface area (Å²) < 4.78 is 114. The Hall–Kier alpha value is -1.45. The van der Waals surface area contributed by atoms with Gasteiger partial charge in [0.1, 0.15) is 6.10 Å². The lowest BCUT2D eigenvalue weighted by atomic mass is 9.94. The monoisotopic (exact) mass is 326 g/mol. The van der Waals surface area contributed by atoms with Crippen molar-refractivity contribution in [2.24, 2.45) is 0 Å². The summed E-state index contributed by atoms with van der Waals surface area (Å²) in [4.78, 5) is 0. The molecule has 0 heterocycles. The zero-order valence-corrected chi connectivity index (χ0v) is 9.81. The largest absolute Gasteiger partial charge is 0.460 e. The summed E-state index contributed by atoms with van der Waals surface area (Å²) in [7, 11) is 0. The first-order chi connectivity index (χ1) is 9.27. The summed E-state index contributed by atoms with van der Waals surface area (Å²) in [6.45, 7) is 0. The van der Waals surface area contributed by atoms with E-state index in [1.165, 1.54) is 6.07 Å². The molecule has 21 heavy (non-hydrogen) atoms. The number of aliphatic hydroxyl groups excluding tert-OH is 1. The maximum atomic E-state index is 13.3. The van der Waals surface area contributed by atoms with E-state index in [9.17, 15) is 39.5 Å². The summed E-state index contributed by atoms with van der Waals surface area (Å²) in [6, 6.07) is 4.61. The van der Waals surface area contributed by atoms with Crippen molar-refractivity contribution in [1.29, 1.82) is 0 Å². The van der Waals surface area contributed by atoms with E-state index >= 15 is 0 Å². The molecule has 0 aliphatic rings. The van der Waals surface area contributed by atoms with Crippen LogP contribution in [0.25, 0.3) is 0 Å². The van der Waals surface area contributed by atoms with Crippen LogP contribution in [-0.4, -0.2) is 29.1 Å².